The van der Waals surface area contributed by atoms with E-state index >= 15 is 0 Å². The average Bonchev–Trinajstić information content (AvgIpc) is 2.61. The van der Waals surface area contributed by atoms with Gasteiger partial charge in [-0.15, -0.1) is 0 Å². The number of urea groups is 1. The minimum absolute atomic E-state index is 0.0881. The maximum atomic E-state index is 14.1. The number of aromatic nitrogens is 1. The molecular formula is C18H18FN3O5S. The van der Waals surface area contributed by atoms with Crippen LogP contribution in [0, 0.1) is 12.7 Å². The van der Waals surface area contributed by atoms with Gasteiger partial charge in [-0.2, -0.15) is 0 Å². The summed E-state index contributed by atoms with van der Waals surface area (Å²) in [5.74, 6) is -1.61. The van der Waals surface area contributed by atoms with Gasteiger partial charge in [-0.3, -0.25) is 4.79 Å². The summed E-state index contributed by atoms with van der Waals surface area (Å²) in [6, 6.07) is 5.65. The van der Waals surface area contributed by atoms with Gasteiger partial charge in [0.05, 0.1) is 11.8 Å². The van der Waals surface area contributed by atoms with Crippen molar-refractivity contribution in [2.45, 2.75) is 31.8 Å². The smallest absolute Gasteiger partial charge is 0.344 e. The van der Waals surface area contributed by atoms with E-state index in [1.54, 1.807) is 20.8 Å². The van der Waals surface area contributed by atoms with E-state index in [1.807, 2.05) is 0 Å². The van der Waals surface area contributed by atoms with Gasteiger partial charge in [0.15, 0.2) is 5.82 Å². The first-order chi connectivity index (χ1) is 13.1. The molecule has 0 N–H and O–H groups in total. The number of hydrogen-bond donors (Lipinski definition) is 0. The Balaban J connectivity index is 2.13. The van der Waals surface area contributed by atoms with Crippen LogP contribution >= 0.6 is 0 Å². The second-order valence-electron chi connectivity index (χ2n) is 6.43. The summed E-state index contributed by atoms with van der Waals surface area (Å²) in [6.07, 6.45) is 0.841. The molecule has 8 nitrogen and oxygen atoms in total. The van der Waals surface area contributed by atoms with Gasteiger partial charge in [-0.25, -0.2) is 31.8 Å². The van der Waals surface area contributed by atoms with Gasteiger partial charge in [-0.1, -0.05) is 6.07 Å². The molecule has 0 atom stereocenters. The van der Waals surface area contributed by atoms with Crippen molar-refractivity contribution in [3.63, 3.8) is 0 Å². The SMILES string of the molecule is Cc1ccc(N2C(=O)N(CC(=O)OC(C)C)S(=O)(=O)c3cccnc32)cc1F. The number of sulfonamides is 1. The Bertz CT molecular complexity index is 1050. The van der Waals surface area contributed by atoms with Crippen LogP contribution in [0.2, 0.25) is 0 Å². The van der Waals surface area contributed by atoms with Gasteiger partial charge in [-0.05, 0) is 50.6 Å². The number of ether oxygens (including phenoxy) is 1. The van der Waals surface area contributed by atoms with Gasteiger partial charge in [0.2, 0.25) is 0 Å². The van der Waals surface area contributed by atoms with E-state index in [9.17, 15) is 22.4 Å². The van der Waals surface area contributed by atoms with Crippen LogP contribution in [0.1, 0.15) is 19.4 Å². The third-order valence-corrected chi connectivity index (χ3v) is 5.73. The van der Waals surface area contributed by atoms with Gasteiger partial charge >= 0.3 is 12.0 Å². The number of anilines is 2. The molecule has 10 heteroatoms. The highest BCUT2D eigenvalue weighted by Crippen LogP contribution is 2.37. The first kappa shape index (κ1) is 19.7. The van der Waals surface area contributed by atoms with E-state index < -0.39 is 40.5 Å². The monoisotopic (exact) mass is 407 g/mol. The fourth-order valence-electron chi connectivity index (χ4n) is 2.70. The molecule has 0 saturated heterocycles. The molecule has 148 valence electrons. The van der Waals surface area contributed by atoms with E-state index in [0.29, 0.717) is 9.87 Å². The Labute approximate surface area is 161 Å². The molecule has 2 aromatic rings. The lowest BCUT2D eigenvalue weighted by Crippen LogP contribution is -2.51. The van der Waals surface area contributed by atoms with Gasteiger partial charge in [0, 0.05) is 6.20 Å². The van der Waals surface area contributed by atoms with Crippen molar-refractivity contribution in [3.05, 3.63) is 47.9 Å². The summed E-state index contributed by atoms with van der Waals surface area (Å²) in [5, 5.41) is 0. The largest absolute Gasteiger partial charge is 0.462 e. The highest BCUT2D eigenvalue weighted by Gasteiger charge is 2.44. The molecule has 0 bridgehead atoms. The molecule has 0 unspecified atom stereocenters. The number of benzene rings is 1. The topological polar surface area (TPSA) is 96.9 Å². The summed E-state index contributed by atoms with van der Waals surface area (Å²) in [7, 11) is -4.34. The normalized spacial score (nSPS) is 15.5. The maximum Gasteiger partial charge on any atom is 0.344 e. The first-order valence-electron chi connectivity index (χ1n) is 8.40. The number of fused-ring (bicyclic) bond motifs is 1. The van der Waals surface area contributed by atoms with Crippen LogP contribution in [0.5, 0.6) is 0 Å². The van der Waals surface area contributed by atoms with E-state index in [4.69, 9.17) is 4.74 Å². The maximum absolute atomic E-state index is 14.1. The van der Waals surface area contributed by atoms with Crippen LogP contribution in [0.3, 0.4) is 0 Å². The molecule has 0 radical (unpaired) electrons. The van der Waals surface area contributed by atoms with Crippen molar-refractivity contribution >= 4 is 33.5 Å². The number of halogens is 1. The van der Waals surface area contributed by atoms with Crippen LogP contribution in [0.25, 0.3) is 0 Å². The first-order valence-corrected chi connectivity index (χ1v) is 9.84. The number of rotatable bonds is 4. The molecule has 1 aliphatic heterocycles. The second-order valence-corrected chi connectivity index (χ2v) is 8.26. The van der Waals surface area contributed by atoms with E-state index in [-0.39, 0.29) is 16.4 Å². The molecule has 2 heterocycles. The quantitative estimate of drug-likeness (QED) is 0.723. The number of esters is 1. The molecular weight excluding hydrogens is 389 g/mol. The van der Waals surface area contributed by atoms with Crippen LogP contribution in [-0.4, -0.2) is 42.4 Å². The summed E-state index contributed by atoms with van der Waals surface area (Å²) in [5.41, 5.74) is 0.449. The highest BCUT2D eigenvalue weighted by atomic mass is 32.2. The Morgan fingerprint density at radius 2 is 2.00 bits per heavy atom. The Kier molecular flexibility index (Phi) is 5.07. The minimum Gasteiger partial charge on any atom is -0.462 e. The van der Waals surface area contributed by atoms with E-state index in [1.165, 1.54) is 30.5 Å². The summed E-state index contributed by atoms with van der Waals surface area (Å²) < 4.78 is 45.2. The van der Waals surface area contributed by atoms with Gasteiger partial charge < -0.3 is 4.74 Å². The number of amides is 2. The lowest BCUT2D eigenvalue weighted by atomic mass is 10.2. The summed E-state index contributed by atoms with van der Waals surface area (Å²) in [6.45, 7) is 3.95. The zero-order valence-corrected chi connectivity index (χ0v) is 16.2. The molecule has 0 saturated carbocycles. The van der Waals surface area contributed by atoms with Crippen molar-refractivity contribution in [2.75, 3.05) is 11.4 Å². The molecule has 0 fully saturated rings. The van der Waals surface area contributed by atoms with Gasteiger partial charge in [0.1, 0.15) is 17.3 Å². The number of pyridine rings is 1. The van der Waals surface area contributed by atoms with Crippen LogP contribution in [-0.2, 0) is 19.6 Å². The zero-order chi connectivity index (χ0) is 20.6. The lowest BCUT2D eigenvalue weighted by molar-refractivity contribution is -0.147. The minimum atomic E-state index is -4.34. The molecule has 28 heavy (non-hydrogen) atoms. The van der Waals surface area contributed by atoms with Crippen molar-refractivity contribution in [2.24, 2.45) is 0 Å². The molecule has 0 aliphatic carbocycles. The van der Waals surface area contributed by atoms with Crippen LogP contribution in [0.15, 0.2) is 41.4 Å². The number of carbonyl (C=O) groups is 2. The highest BCUT2D eigenvalue weighted by molar-refractivity contribution is 7.90. The summed E-state index contributed by atoms with van der Waals surface area (Å²) in [4.78, 5) is 29.7. The average molecular weight is 407 g/mol. The van der Waals surface area contributed by atoms with Crippen molar-refractivity contribution < 1.29 is 27.1 Å². The van der Waals surface area contributed by atoms with Crippen LogP contribution < -0.4 is 4.90 Å². The number of carbonyl (C=O) groups excluding carboxylic acids is 2. The standard InChI is InChI=1S/C18H18FN3O5S/c1-11(2)27-16(23)10-21-18(24)22(13-7-6-12(3)14(19)9-13)17-15(28(21,25)26)5-4-8-20-17/h4-9,11H,10H2,1-3H3. The van der Waals surface area contributed by atoms with Gasteiger partial charge in [0.25, 0.3) is 10.0 Å². The number of nitrogens with zero attached hydrogens (tertiary/aromatic N) is 3. The molecule has 3 rings (SSSR count). The lowest BCUT2D eigenvalue weighted by Gasteiger charge is -2.34. The predicted octanol–water partition coefficient (Wildman–Crippen LogP) is 2.74. The fraction of sp³-hybridized carbons (Fsp3) is 0.278. The summed E-state index contributed by atoms with van der Waals surface area (Å²) >= 11 is 0. The van der Waals surface area contributed by atoms with Crippen molar-refractivity contribution in [1.29, 1.82) is 0 Å². The third-order valence-electron chi connectivity index (χ3n) is 3.99. The number of hydrogen-bond acceptors (Lipinski definition) is 6. The molecule has 1 aromatic heterocycles. The molecule has 1 aromatic carbocycles. The van der Waals surface area contributed by atoms with Crippen molar-refractivity contribution in [3.8, 4) is 0 Å². The Hall–Kier alpha value is -3.01. The zero-order valence-electron chi connectivity index (χ0n) is 15.4. The van der Waals surface area contributed by atoms with Crippen molar-refractivity contribution in [1.82, 2.24) is 9.29 Å². The Morgan fingerprint density at radius 3 is 2.64 bits per heavy atom. The van der Waals surface area contributed by atoms with E-state index in [2.05, 4.69) is 4.98 Å². The Morgan fingerprint density at radius 1 is 1.29 bits per heavy atom. The number of aryl methyl sites for hydroxylation is 1. The third kappa shape index (κ3) is 3.42. The van der Waals surface area contributed by atoms with Crippen LogP contribution in [0.4, 0.5) is 20.7 Å². The molecule has 0 spiro atoms. The molecule has 1 aliphatic rings. The van der Waals surface area contributed by atoms with E-state index in [0.717, 1.165) is 11.0 Å². The predicted molar refractivity (Wildman–Crippen MR) is 98.0 cm³/mol. The fourth-order valence-corrected chi connectivity index (χ4v) is 4.12. The molecule has 2 amide bonds. The second kappa shape index (κ2) is 7.19.